The fourth-order valence-corrected chi connectivity index (χ4v) is 2.42. The molecule has 0 aliphatic carbocycles. The number of aromatic nitrogens is 3. The van der Waals surface area contributed by atoms with Crippen molar-refractivity contribution in [1.82, 2.24) is 14.8 Å². The van der Waals surface area contributed by atoms with E-state index in [-0.39, 0.29) is 5.75 Å². The first kappa shape index (κ1) is 15.8. The maximum atomic E-state index is 13.2. The summed E-state index contributed by atoms with van der Waals surface area (Å²) < 4.78 is 15.0. The molecule has 0 aliphatic rings. The average molecular weight is 328 g/mol. The molecule has 0 radical (unpaired) electrons. The zero-order chi connectivity index (χ0) is 17.3. The van der Waals surface area contributed by atoms with E-state index < -0.39 is 11.6 Å². The van der Waals surface area contributed by atoms with Crippen molar-refractivity contribution in [3.8, 4) is 11.5 Å². The van der Waals surface area contributed by atoms with Gasteiger partial charge >= 0.3 is 0 Å². The van der Waals surface area contributed by atoms with Gasteiger partial charge in [-0.2, -0.15) is 0 Å². The van der Waals surface area contributed by atoms with Crippen molar-refractivity contribution < 1.29 is 14.6 Å². The Morgan fingerprint density at radius 1 is 1.08 bits per heavy atom. The molecule has 2 N–H and O–H groups in total. The second-order valence-electron chi connectivity index (χ2n) is 5.51. The molecule has 124 valence electrons. The van der Waals surface area contributed by atoms with Crippen LogP contribution in [0, 0.1) is 5.82 Å². The van der Waals surface area contributed by atoms with Crippen molar-refractivity contribution in [1.29, 1.82) is 0 Å². The Hall–Kier alpha value is -3.09. The van der Waals surface area contributed by atoms with E-state index in [0.717, 1.165) is 11.4 Å². The Kier molecular flexibility index (Phi) is 4.07. The van der Waals surface area contributed by atoms with Crippen molar-refractivity contribution in [3.63, 3.8) is 0 Å². The Labute approximate surface area is 138 Å². The van der Waals surface area contributed by atoms with Crippen molar-refractivity contribution in [2.45, 2.75) is 6.42 Å². The second kappa shape index (κ2) is 6.19. The number of hydrogen-bond acceptors (Lipinski definition) is 5. The average Bonchev–Trinajstić information content (AvgIpc) is 2.92. The maximum Gasteiger partial charge on any atom is 0.231 e. The van der Waals surface area contributed by atoms with Crippen molar-refractivity contribution in [3.05, 3.63) is 59.7 Å². The molecule has 1 heterocycles. The van der Waals surface area contributed by atoms with Gasteiger partial charge in [-0.1, -0.05) is 12.1 Å². The van der Waals surface area contributed by atoms with Gasteiger partial charge in [0.05, 0.1) is 0 Å². The third-order valence-corrected chi connectivity index (χ3v) is 3.86. The predicted octanol–water partition coefficient (Wildman–Crippen LogP) is 2.72. The van der Waals surface area contributed by atoms with E-state index in [1.807, 2.05) is 23.7 Å². The van der Waals surface area contributed by atoms with Gasteiger partial charge in [-0.05, 0) is 29.8 Å². The highest BCUT2D eigenvalue weighted by molar-refractivity contribution is 5.58. The first-order chi connectivity index (χ1) is 11.5. The molecule has 6 nitrogen and oxygen atoms in total. The zero-order valence-corrected chi connectivity index (χ0v) is 13.3. The van der Waals surface area contributed by atoms with Gasteiger partial charge in [0, 0.05) is 32.3 Å². The van der Waals surface area contributed by atoms with Crippen LogP contribution >= 0.6 is 0 Å². The molecule has 0 unspecified atom stereocenters. The van der Waals surface area contributed by atoms with Gasteiger partial charge in [0.1, 0.15) is 11.6 Å². The fourth-order valence-electron chi connectivity index (χ4n) is 2.42. The second-order valence-corrected chi connectivity index (χ2v) is 5.51. The number of rotatable bonds is 4. The minimum absolute atomic E-state index is 0.216. The summed E-state index contributed by atoms with van der Waals surface area (Å²) in [6.07, 6.45) is 0.562. The zero-order valence-electron chi connectivity index (χ0n) is 13.3. The molecule has 0 amide bonds. The van der Waals surface area contributed by atoms with Crippen LogP contribution in [0.4, 0.5) is 16.0 Å². The molecule has 3 aromatic rings. The third-order valence-electron chi connectivity index (χ3n) is 3.86. The Balaban J connectivity index is 1.85. The van der Waals surface area contributed by atoms with E-state index >= 15 is 0 Å². The van der Waals surface area contributed by atoms with Crippen LogP contribution in [0.25, 0.3) is 0 Å². The van der Waals surface area contributed by atoms with Crippen LogP contribution in [0.1, 0.15) is 11.4 Å². The third kappa shape index (κ3) is 3.01. The maximum absolute atomic E-state index is 13.2. The van der Waals surface area contributed by atoms with Crippen LogP contribution in [0.3, 0.4) is 0 Å². The molecule has 3 rings (SSSR count). The fraction of sp³-hybridized carbons (Fsp3) is 0.176. The largest absolute Gasteiger partial charge is 0.508 e. The minimum atomic E-state index is -0.668. The highest BCUT2D eigenvalue weighted by Crippen LogP contribution is 2.27. The molecule has 0 fully saturated rings. The van der Waals surface area contributed by atoms with E-state index in [1.165, 1.54) is 12.1 Å². The SMILES string of the molecule is CN(c1ccc(F)c(O)c1)c1nnc(Cc2ccc(O)cc2)n1C. The Morgan fingerprint density at radius 2 is 1.79 bits per heavy atom. The van der Waals surface area contributed by atoms with Crippen LogP contribution in [-0.4, -0.2) is 32.0 Å². The van der Waals surface area contributed by atoms with Crippen LogP contribution in [-0.2, 0) is 13.5 Å². The van der Waals surface area contributed by atoms with Gasteiger partial charge in [0.2, 0.25) is 5.95 Å². The number of anilines is 2. The molecule has 1 aromatic heterocycles. The summed E-state index contributed by atoms with van der Waals surface area (Å²) in [5.41, 5.74) is 1.59. The molecule has 0 saturated heterocycles. The topological polar surface area (TPSA) is 74.4 Å². The van der Waals surface area contributed by atoms with Gasteiger partial charge in [0.15, 0.2) is 11.6 Å². The van der Waals surface area contributed by atoms with E-state index in [9.17, 15) is 14.6 Å². The quantitative estimate of drug-likeness (QED) is 0.770. The molecule has 0 saturated carbocycles. The van der Waals surface area contributed by atoms with Gasteiger partial charge in [0.25, 0.3) is 0 Å². The molecule has 2 aromatic carbocycles. The van der Waals surface area contributed by atoms with Crippen LogP contribution < -0.4 is 4.90 Å². The summed E-state index contributed by atoms with van der Waals surface area (Å²) in [6.45, 7) is 0. The highest BCUT2D eigenvalue weighted by atomic mass is 19.1. The highest BCUT2D eigenvalue weighted by Gasteiger charge is 2.15. The molecule has 0 aliphatic heterocycles. The van der Waals surface area contributed by atoms with Crippen LogP contribution in [0.15, 0.2) is 42.5 Å². The van der Waals surface area contributed by atoms with Crippen molar-refractivity contribution in [2.75, 3.05) is 11.9 Å². The summed E-state index contributed by atoms with van der Waals surface area (Å²) >= 11 is 0. The summed E-state index contributed by atoms with van der Waals surface area (Å²) in [7, 11) is 3.60. The number of aromatic hydroxyl groups is 2. The smallest absolute Gasteiger partial charge is 0.231 e. The lowest BCUT2D eigenvalue weighted by Gasteiger charge is -2.18. The van der Waals surface area contributed by atoms with Gasteiger partial charge in [-0.3, -0.25) is 4.57 Å². The summed E-state index contributed by atoms with van der Waals surface area (Å²) in [6, 6.07) is 11.0. The lowest BCUT2D eigenvalue weighted by molar-refractivity contribution is 0.432. The molecule has 0 bridgehead atoms. The van der Waals surface area contributed by atoms with E-state index in [2.05, 4.69) is 10.2 Å². The minimum Gasteiger partial charge on any atom is -0.508 e. The summed E-state index contributed by atoms with van der Waals surface area (Å²) in [5, 5.41) is 27.2. The number of phenols is 2. The molecular weight excluding hydrogens is 311 g/mol. The molecule has 0 spiro atoms. The Bertz CT molecular complexity index is 862. The monoisotopic (exact) mass is 328 g/mol. The van der Waals surface area contributed by atoms with Crippen LogP contribution in [0.2, 0.25) is 0 Å². The van der Waals surface area contributed by atoms with Gasteiger partial charge in [-0.15, -0.1) is 10.2 Å². The molecule has 0 atom stereocenters. The number of phenolic OH excluding ortho intramolecular Hbond substituents is 2. The van der Waals surface area contributed by atoms with Crippen molar-refractivity contribution in [2.24, 2.45) is 7.05 Å². The van der Waals surface area contributed by atoms with E-state index in [1.54, 1.807) is 30.1 Å². The molecule has 24 heavy (non-hydrogen) atoms. The standard InChI is InChI=1S/C17H17FN4O2/c1-21(12-5-8-14(18)15(24)10-12)17-20-19-16(22(17)2)9-11-3-6-13(23)7-4-11/h3-8,10,23-24H,9H2,1-2H3. The number of hydrogen-bond donors (Lipinski definition) is 2. The van der Waals surface area contributed by atoms with Gasteiger partial charge < -0.3 is 15.1 Å². The molecule has 7 heteroatoms. The normalized spacial score (nSPS) is 10.8. The Morgan fingerprint density at radius 3 is 2.46 bits per heavy atom. The first-order valence-corrected chi connectivity index (χ1v) is 7.34. The number of nitrogens with zero attached hydrogens (tertiary/aromatic N) is 4. The lowest BCUT2D eigenvalue weighted by Crippen LogP contribution is -2.15. The molecular formula is C17H17FN4O2. The summed E-state index contributed by atoms with van der Waals surface area (Å²) in [4.78, 5) is 1.71. The summed E-state index contributed by atoms with van der Waals surface area (Å²) in [5.74, 6) is 0.445. The van der Waals surface area contributed by atoms with Gasteiger partial charge in [-0.25, -0.2) is 4.39 Å². The first-order valence-electron chi connectivity index (χ1n) is 7.34. The van der Waals surface area contributed by atoms with Crippen LogP contribution in [0.5, 0.6) is 11.5 Å². The lowest BCUT2D eigenvalue weighted by atomic mass is 10.1. The van der Waals surface area contributed by atoms with Crippen molar-refractivity contribution >= 4 is 11.6 Å². The number of benzene rings is 2. The van der Waals surface area contributed by atoms with E-state index in [4.69, 9.17) is 0 Å². The number of halogens is 1. The predicted molar refractivity (Wildman–Crippen MR) is 88.0 cm³/mol. The van der Waals surface area contributed by atoms with E-state index in [0.29, 0.717) is 18.1 Å².